The van der Waals surface area contributed by atoms with E-state index in [0.717, 1.165) is 42.2 Å². The van der Waals surface area contributed by atoms with Gasteiger partial charge >= 0.3 is 0 Å². The van der Waals surface area contributed by atoms with E-state index in [1.807, 2.05) is 25.1 Å². The molecule has 104 valence electrons. The van der Waals surface area contributed by atoms with Gasteiger partial charge in [-0.2, -0.15) is 0 Å². The Morgan fingerprint density at radius 2 is 2.21 bits per heavy atom. The SMILES string of the molecule is Cc1ccc(N)cc1SCC(=O)NC1CCOCC1. The van der Waals surface area contributed by atoms with Gasteiger partial charge in [0.05, 0.1) is 5.75 Å². The van der Waals surface area contributed by atoms with E-state index in [0.29, 0.717) is 5.75 Å². The van der Waals surface area contributed by atoms with Crippen LogP contribution in [0.15, 0.2) is 23.1 Å². The quantitative estimate of drug-likeness (QED) is 0.654. The highest BCUT2D eigenvalue weighted by Crippen LogP contribution is 2.24. The lowest BCUT2D eigenvalue weighted by atomic mass is 10.1. The fraction of sp³-hybridized carbons (Fsp3) is 0.500. The highest BCUT2D eigenvalue weighted by Gasteiger charge is 2.16. The van der Waals surface area contributed by atoms with Crippen LogP contribution in [0.2, 0.25) is 0 Å². The molecule has 1 aliphatic heterocycles. The van der Waals surface area contributed by atoms with Crippen molar-refractivity contribution in [3.8, 4) is 0 Å². The Labute approximate surface area is 118 Å². The molecule has 4 nitrogen and oxygen atoms in total. The van der Waals surface area contributed by atoms with Crippen molar-refractivity contribution in [2.24, 2.45) is 0 Å². The van der Waals surface area contributed by atoms with Crippen molar-refractivity contribution in [3.05, 3.63) is 23.8 Å². The van der Waals surface area contributed by atoms with E-state index in [9.17, 15) is 4.79 Å². The van der Waals surface area contributed by atoms with Gasteiger partial charge in [-0.15, -0.1) is 11.8 Å². The summed E-state index contributed by atoms with van der Waals surface area (Å²) in [4.78, 5) is 12.9. The van der Waals surface area contributed by atoms with Gasteiger partial charge in [-0.05, 0) is 37.5 Å². The highest BCUT2D eigenvalue weighted by molar-refractivity contribution is 8.00. The topological polar surface area (TPSA) is 64.4 Å². The number of hydrogen-bond acceptors (Lipinski definition) is 4. The molecule has 2 rings (SSSR count). The third-order valence-corrected chi connectivity index (χ3v) is 4.31. The van der Waals surface area contributed by atoms with E-state index in [1.54, 1.807) is 0 Å². The predicted octanol–water partition coefficient (Wildman–Crippen LogP) is 1.96. The third kappa shape index (κ3) is 4.44. The monoisotopic (exact) mass is 280 g/mol. The lowest BCUT2D eigenvalue weighted by Crippen LogP contribution is -2.39. The molecule has 5 heteroatoms. The first-order valence-corrected chi connectivity index (χ1v) is 7.50. The number of thioether (sulfide) groups is 1. The van der Waals surface area contributed by atoms with Crippen molar-refractivity contribution in [3.63, 3.8) is 0 Å². The van der Waals surface area contributed by atoms with Gasteiger partial charge in [-0.1, -0.05) is 6.07 Å². The molecule has 1 amide bonds. The summed E-state index contributed by atoms with van der Waals surface area (Å²) in [6.45, 7) is 3.51. The Hall–Kier alpha value is -1.20. The van der Waals surface area contributed by atoms with Crippen molar-refractivity contribution in [2.45, 2.75) is 30.7 Å². The second-order valence-corrected chi connectivity index (χ2v) is 5.78. The van der Waals surface area contributed by atoms with Crippen LogP contribution in [0.3, 0.4) is 0 Å². The number of amides is 1. The standard InChI is InChI=1S/C14H20N2O2S/c1-10-2-3-11(15)8-13(10)19-9-14(17)16-12-4-6-18-7-5-12/h2-3,8,12H,4-7,9,15H2,1H3,(H,16,17). The van der Waals surface area contributed by atoms with Crippen LogP contribution >= 0.6 is 11.8 Å². The number of benzene rings is 1. The predicted molar refractivity (Wildman–Crippen MR) is 78.3 cm³/mol. The number of rotatable bonds is 4. The molecule has 1 aromatic rings. The van der Waals surface area contributed by atoms with Crippen LogP contribution in [-0.4, -0.2) is 30.9 Å². The maximum absolute atomic E-state index is 11.9. The smallest absolute Gasteiger partial charge is 0.230 e. The van der Waals surface area contributed by atoms with E-state index in [2.05, 4.69) is 5.32 Å². The first-order valence-electron chi connectivity index (χ1n) is 6.51. The summed E-state index contributed by atoms with van der Waals surface area (Å²) in [7, 11) is 0. The molecular weight excluding hydrogens is 260 g/mol. The molecule has 19 heavy (non-hydrogen) atoms. The number of nitrogens with two attached hydrogens (primary N) is 1. The van der Waals surface area contributed by atoms with Crippen LogP contribution in [0.25, 0.3) is 0 Å². The summed E-state index contributed by atoms with van der Waals surface area (Å²) in [6, 6.07) is 6.04. The van der Waals surface area contributed by atoms with Gasteiger partial charge in [0.15, 0.2) is 0 Å². The Balaban J connectivity index is 1.81. The first kappa shape index (κ1) is 14.2. The van der Waals surface area contributed by atoms with Gasteiger partial charge in [0, 0.05) is 29.8 Å². The van der Waals surface area contributed by atoms with Crippen LogP contribution in [0.1, 0.15) is 18.4 Å². The molecular formula is C14H20N2O2S. The average Bonchev–Trinajstić information content (AvgIpc) is 2.41. The summed E-state index contributed by atoms with van der Waals surface area (Å²) in [5.74, 6) is 0.514. The number of carbonyl (C=O) groups is 1. The van der Waals surface area contributed by atoms with Crippen LogP contribution in [0.5, 0.6) is 0 Å². The summed E-state index contributed by atoms with van der Waals surface area (Å²) >= 11 is 1.53. The van der Waals surface area contributed by atoms with Crippen molar-refractivity contribution in [1.29, 1.82) is 0 Å². The van der Waals surface area contributed by atoms with E-state index < -0.39 is 0 Å². The summed E-state index contributed by atoms with van der Waals surface area (Å²) in [5.41, 5.74) is 7.64. The lowest BCUT2D eigenvalue weighted by molar-refractivity contribution is -0.119. The second kappa shape index (κ2) is 6.82. The van der Waals surface area contributed by atoms with Crippen LogP contribution < -0.4 is 11.1 Å². The zero-order valence-electron chi connectivity index (χ0n) is 11.1. The fourth-order valence-corrected chi connectivity index (χ4v) is 2.91. The number of hydrogen-bond donors (Lipinski definition) is 2. The lowest BCUT2D eigenvalue weighted by Gasteiger charge is -2.23. The van der Waals surface area contributed by atoms with E-state index in [-0.39, 0.29) is 11.9 Å². The van der Waals surface area contributed by atoms with Gasteiger partial charge in [0.1, 0.15) is 0 Å². The summed E-state index contributed by atoms with van der Waals surface area (Å²) in [5, 5.41) is 3.05. The van der Waals surface area contributed by atoms with Crippen molar-refractivity contribution in [2.75, 3.05) is 24.7 Å². The molecule has 1 aromatic carbocycles. The molecule has 0 unspecified atom stereocenters. The molecule has 0 spiro atoms. The number of anilines is 1. The van der Waals surface area contributed by atoms with E-state index >= 15 is 0 Å². The van der Waals surface area contributed by atoms with Gasteiger partial charge < -0.3 is 15.8 Å². The average molecular weight is 280 g/mol. The molecule has 0 aliphatic carbocycles. The molecule has 0 atom stereocenters. The molecule has 1 fully saturated rings. The van der Waals surface area contributed by atoms with Crippen molar-refractivity contribution < 1.29 is 9.53 Å². The minimum absolute atomic E-state index is 0.0822. The van der Waals surface area contributed by atoms with Crippen molar-refractivity contribution >= 4 is 23.4 Å². The third-order valence-electron chi connectivity index (χ3n) is 3.16. The summed E-state index contributed by atoms with van der Waals surface area (Å²) < 4.78 is 5.27. The zero-order valence-corrected chi connectivity index (χ0v) is 12.0. The maximum atomic E-state index is 11.9. The molecule has 0 bridgehead atoms. The second-order valence-electron chi connectivity index (χ2n) is 4.77. The highest BCUT2D eigenvalue weighted by atomic mass is 32.2. The van der Waals surface area contributed by atoms with Crippen molar-refractivity contribution in [1.82, 2.24) is 5.32 Å². The van der Waals surface area contributed by atoms with Gasteiger partial charge in [-0.3, -0.25) is 4.79 Å². The molecule has 3 N–H and O–H groups in total. The van der Waals surface area contributed by atoms with E-state index in [1.165, 1.54) is 11.8 Å². The number of nitrogen functional groups attached to an aromatic ring is 1. The Morgan fingerprint density at radius 3 is 2.95 bits per heavy atom. The molecule has 0 radical (unpaired) electrons. The molecule has 1 saturated heterocycles. The molecule has 0 aromatic heterocycles. The van der Waals surface area contributed by atoms with Gasteiger partial charge in [-0.25, -0.2) is 0 Å². The number of nitrogens with one attached hydrogen (secondary N) is 1. The Kier molecular flexibility index (Phi) is 5.10. The largest absolute Gasteiger partial charge is 0.399 e. The minimum atomic E-state index is 0.0822. The van der Waals surface area contributed by atoms with Crippen LogP contribution in [0.4, 0.5) is 5.69 Å². The van der Waals surface area contributed by atoms with E-state index in [4.69, 9.17) is 10.5 Å². The van der Waals surface area contributed by atoms with Crippen LogP contribution in [0, 0.1) is 6.92 Å². The number of ether oxygens (including phenoxy) is 1. The van der Waals surface area contributed by atoms with Crippen LogP contribution in [-0.2, 0) is 9.53 Å². The first-order chi connectivity index (χ1) is 9.15. The molecule has 1 aliphatic rings. The normalized spacial score (nSPS) is 16.3. The van der Waals surface area contributed by atoms with Gasteiger partial charge in [0.2, 0.25) is 5.91 Å². The summed E-state index contributed by atoms with van der Waals surface area (Å²) in [6.07, 6.45) is 1.82. The van der Waals surface area contributed by atoms with Gasteiger partial charge in [0.25, 0.3) is 0 Å². The zero-order chi connectivity index (χ0) is 13.7. The number of aryl methyl sites for hydroxylation is 1. The maximum Gasteiger partial charge on any atom is 0.230 e. The Morgan fingerprint density at radius 1 is 1.47 bits per heavy atom. The number of carbonyl (C=O) groups excluding carboxylic acids is 1. The Bertz CT molecular complexity index is 445. The fourth-order valence-electron chi connectivity index (χ4n) is 2.03. The molecule has 1 heterocycles. The minimum Gasteiger partial charge on any atom is -0.399 e. The molecule has 0 saturated carbocycles.